The molecular weight excluding hydrogens is 420 g/mol. The predicted octanol–water partition coefficient (Wildman–Crippen LogP) is 4.86. The van der Waals surface area contributed by atoms with Crippen LogP contribution in [0.3, 0.4) is 0 Å². The van der Waals surface area contributed by atoms with Crippen molar-refractivity contribution in [3.8, 4) is 0 Å². The van der Waals surface area contributed by atoms with Gasteiger partial charge in [0.2, 0.25) is 0 Å². The number of rotatable bonds is 4. The summed E-state index contributed by atoms with van der Waals surface area (Å²) in [5.74, 6) is -1.92. The number of ether oxygens (including phenoxy) is 1. The maximum absolute atomic E-state index is 13.0. The molecule has 0 saturated heterocycles. The van der Waals surface area contributed by atoms with Crippen LogP contribution in [0.1, 0.15) is 15.9 Å². The Morgan fingerprint density at radius 3 is 2.46 bits per heavy atom. The Morgan fingerprint density at radius 1 is 1.15 bits per heavy atom. The Hall–Kier alpha value is -2.03. The normalized spacial score (nSPS) is 11.2. The minimum atomic E-state index is -4.73. The predicted molar refractivity (Wildman–Crippen MR) is 89.6 cm³/mol. The smallest absolute Gasteiger partial charge is 0.418 e. The Labute approximate surface area is 160 Å². The van der Waals surface area contributed by atoms with Gasteiger partial charge in [-0.15, -0.1) is 0 Å². The number of pyridine rings is 1. The number of alkyl halides is 3. The molecule has 2 rings (SSSR count). The van der Waals surface area contributed by atoms with E-state index in [4.69, 9.17) is 39.5 Å². The number of esters is 1. The van der Waals surface area contributed by atoms with Gasteiger partial charge in [-0.1, -0.05) is 34.8 Å². The zero-order valence-corrected chi connectivity index (χ0v) is 14.8. The quantitative estimate of drug-likeness (QED) is 0.559. The molecule has 5 nitrogen and oxygen atoms in total. The van der Waals surface area contributed by atoms with Crippen LogP contribution in [0, 0.1) is 0 Å². The van der Waals surface area contributed by atoms with Gasteiger partial charge in [0.05, 0.1) is 21.8 Å². The molecule has 0 radical (unpaired) electrons. The van der Waals surface area contributed by atoms with E-state index in [0.29, 0.717) is 6.07 Å². The van der Waals surface area contributed by atoms with Gasteiger partial charge in [0.1, 0.15) is 5.15 Å². The lowest BCUT2D eigenvalue weighted by molar-refractivity contribution is -0.137. The van der Waals surface area contributed by atoms with Crippen molar-refractivity contribution in [3.05, 3.63) is 56.8 Å². The van der Waals surface area contributed by atoms with Gasteiger partial charge in [-0.3, -0.25) is 4.79 Å². The molecule has 138 valence electrons. The lowest BCUT2D eigenvalue weighted by Crippen LogP contribution is -2.22. The summed E-state index contributed by atoms with van der Waals surface area (Å²) in [6, 6.07) is 4.02. The topological polar surface area (TPSA) is 68.3 Å². The molecule has 1 N–H and O–H groups in total. The highest BCUT2D eigenvalue weighted by Gasteiger charge is 2.34. The number of hydrogen-bond acceptors (Lipinski definition) is 4. The van der Waals surface area contributed by atoms with Crippen molar-refractivity contribution >= 4 is 52.4 Å². The van der Waals surface area contributed by atoms with Crippen molar-refractivity contribution in [2.24, 2.45) is 0 Å². The molecule has 1 amide bonds. The van der Waals surface area contributed by atoms with Gasteiger partial charge in [0.25, 0.3) is 5.91 Å². The van der Waals surface area contributed by atoms with Crippen LogP contribution < -0.4 is 5.32 Å². The van der Waals surface area contributed by atoms with Crippen LogP contribution in [0.5, 0.6) is 0 Å². The zero-order chi connectivity index (χ0) is 19.5. The molecule has 0 bridgehead atoms. The van der Waals surface area contributed by atoms with Crippen LogP contribution in [0.15, 0.2) is 30.5 Å². The summed E-state index contributed by atoms with van der Waals surface area (Å²) in [7, 11) is 0. The Balaban J connectivity index is 2.03. The fraction of sp³-hybridized carbons (Fsp3) is 0.133. The van der Waals surface area contributed by atoms with E-state index >= 15 is 0 Å². The van der Waals surface area contributed by atoms with Gasteiger partial charge < -0.3 is 10.1 Å². The molecule has 0 aliphatic carbocycles. The van der Waals surface area contributed by atoms with Crippen LogP contribution in [-0.4, -0.2) is 23.5 Å². The maximum atomic E-state index is 13.0. The highest BCUT2D eigenvalue weighted by atomic mass is 35.5. The number of amides is 1. The largest absolute Gasteiger partial charge is 0.452 e. The Bertz CT molecular complexity index is 860. The molecule has 26 heavy (non-hydrogen) atoms. The van der Waals surface area contributed by atoms with Crippen molar-refractivity contribution in [3.63, 3.8) is 0 Å². The van der Waals surface area contributed by atoms with Crippen molar-refractivity contribution in [2.45, 2.75) is 6.18 Å². The molecule has 11 heteroatoms. The number of anilines is 1. The summed E-state index contributed by atoms with van der Waals surface area (Å²) < 4.78 is 43.6. The van der Waals surface area contributed by atoms with Crippen LogP contribution >= 0.6 is 34.8 Å². The van der Waals surface area contributed by atoms with E-state index in [9.17, 15) is 22.8 Å². The lowest BCUT2D eigenvalue weighted by atomic mass is 10.1. The molecule has 1 aromatic heterocycles. The maximum Gasteiger partial charge on any atom is 0.418 e. The van der Waals surface area contributed by atoms with E-state index in [1.165, 1.54) is 12.1 Å². The van der Waals surface area contributed by atoms with Crippen molar-refractivity contribution in [1.29, 1.82) is 0 Å². The molecular formula is C15H8Cl3F3N2O3. The first-order chi connectivity index (χ1) is 12.1. The minimum Gasteiger partial charge on any atom is -0.452 e. The number of carbonyl (C=O) groups is 2. The highest BCUT2D eigenvalue weighted by Crippen LogP contribution is 2.36. The first-order valence-electron chi connectivity index (χ1n) is 6.72. The second-order valence-electron chi connectivity index (χ2n) is 4.81. The number of aromatic nitrogens is 1. The highest BCUT2D eigenvalue weighted by molar-refractivity contribution is 6.41. The van der Waals surface area contributed by atoms with Crippen molar-refractivity contribution < 1.29 is 27.5 Å². The second kappa shape index (κ2) is 8.11. The third kappa shape index (κ3) is 5.23. The van der Waals surface area contributed by atoms with Crippen molar-refractivity contribution in [1.82, 2.24) is 4.98 Å². The van der Waals surface area contributed by atoms with E-state index in [1.807, 2.05) is 5.32 Å². The average molecular weight is 428 g/mol. The molecule has 0 fully saturated rings. The van der Waals surface area contributed by atoms with Crippen LogP contribution in [-0.2, 0) is 15.7 Å². The molecule has 0 unspecified atom stereocenters. The molecule has 0 spiro atoms. The van der Waals surface area contributed by atoms with Gasteiger partial charge in [0.15, 0.2) is 6.61 Å². The monoisotopic (exact) mass is 426 g/mol. The first kappa shape index (κ1) is 20.3. The zero-order valence-electron chi connectivity index (χ0n) is 12.5. The van der Waals surface area contributed by atoms with E-state index in [2.05, 4.69) is 4.98 Å². The average Bonchev–Trinajstić information content (AvgIpc) is 2.56. The summed E-state index contributed by atoms with van der Waals surface area (Å²) in [6.07, 6.45) is -3.65. The van der Waals surface area contributed by atoms with Gasteiger partial charge >= 0.3 is 12.1 Å². The number of hydrogen-bond donors (Lipinski definition) is 1. The first-order valence-corrected chi connectivity index (χ1v) is 7.86. The van der Waals surface area contributed by atoms with Crippen LogP contribution in [0.2, 0.25) is 15.2 Å². The second-order valence-corrected chi connectivity index (χ2v) is 6.01. The molecule has 0 aliphatic rings. The Morgan fingerprint density at radius 2 is 1.85 bits per heavy atom. The molecule has 0 atom stereocenters. The minimum absolute atomic E-state index is 0.00144. The summed E-state index contributed by atoms with van der Waals surface area (Å²) in [5, 5.41) is 1.85. The number of carbonyl (C=O) groups excluding carboxylic acids is 2. The number of halogens is 6. The summed E-state index contributed by atoms with van der Waals surface area (Å²) in [6.45, 7) is -0.820. The lowest BCUT2D eigenvalue weighted by Gasteiger charge is -2.14. The van der Waals surface area contributed by atoms with Gasteiger partial charge in [-0.25, -0.2) is 9.78 Å². The van der Waals surface area contributed by atoms with E-state index < -0.39 is 35.9 Å². The van der Waals surface area contributed by atoms with E-state index in [0.717, 1.165) is 12.3 Å². The van der Waals surface area contributed by atoms with E-state index in [1.54, 1.807) is 0 Å². The standard InChI is InChI=1S/C15H8Cl3F3N2O3/c16-8-1-2-11(9(4-8)15(19,20)21)23-12(24)6-26-14(25)7-3-10(17)13(18)22-5-7/h1-5H,6H2,(H,23,24). The molecule has 0 saturated carbocycles. The third-order valence-electron chi connectivity index (χ3n) is 2.93. The molecule has 1 heterocycles. The SMILES string of the molecule is O=C(COC(=O)c1cnc(Cl)c(Cl)c1)Nc1ccc(Cl)cc1C(F)(F)F. The van der Waals surface area contributed by atoms with Gasteiger partial charge in [-0.2, -0.15) is 13.2 Å². The van der Waals surface area contributed by atoms with Gasteiger partial charge in [0, 0.05) is 11.2 Å². The van der Waals surface area contributed by atoms with Gasteiger partial charge in [-0.05, 0) is 24.3 Å². The van der Waals surface area contributed by atoms with Crippen LogP contribution in [0.4, 0.5) is 18.9 Å². The molecule has 2 aromatic rings. The number of benzene rings is 1. The Kier molecular flexibility index (Phi) is 6.33. The molecule has 0 aliphatic heterocycles. The van der Waals surface area contributed by atoms with Crippen LogP contribution in [0.25, 0.3) is 0 Å². The fourth-order valence-electron chi connectivity index (χ4n) is 1.79. The summed E-state index contributed by atoms with van der Waals surface area (Å²) >= 11 is 16.9. The third-order valence-corrected chi connectivity index (χ3v) is 3.85. The van der Waals surface area contributed by atoms with E-state index in [-0.39, 0.29) is 20.8 Å². The van der Waals surface area contributed by atoms with Crippen molar-refractivity contribution in [2.75, 3.05) is 11.9 Å². The molecule has 1 aromatic carbocycles. The number of nitrogens with one attached hydrogen (secondary N) is 1. The number of nitrogens with zero attached hydrogens (tertiary/aromatic N) is 1. The summed E-state index contributed by atoms with van der Waals surface area (Å²) in [5.41, 5.74) is -1.72. The fourth-order valence-corrected chi connectivity index (χ4v) is 2.24. The summed E-state index contributed by atoms with van der Waals surface area (Å²) in [4.78, 5) is 27.2.